The van der Waals surface area contributed by atoms with E-state index < -0.39 is 0 Å². The van der Waals surface area contributed by atoms with Crippen molar-refractivity contribution in [1.82, 2.24) is 9.97 Å². The van der Waals surface area contributed by atoms with Crippen LogP contribution in [0.3, 0.4) is 0 Å². The van der Waals surface area contributed by atoms with Crippen LogP contribution in [0.2, 0.25) is 0 Å². The Bertz CT molecular complexity index is 1050. The van der Waals surface area contributed by atoms with E-state index in [1.54, 1.807) is 19.4 Å². The Morgan fingerprint density at radius 3 is 2.65 bits per heavy atom. The molecule has 0 bridgehead atoms. The van der Waals surface area contributed by atoms with E-state index in [1.807, 2.05) is 30.3 Å². The van der Waals surface area contributed by atoms with Crippen LogP contribution in [0, 0.1) is 5.82 Å². The molecule has 3 aromatic rings. The van der Waals surface area contributed by atoms with Gasteiger partial charge in [0.05, 0.1) is 19.0 Å². The third-order valence-corrected chi connectivity index (χ3v) is 5.78. The summed E-state index contributed by atoms with van der Waals surface area (Å²) in [4.78, 5) is 11.6. The maximum Gasteiger partial charge on any atom is 0.229 e. The number of methoxy groups -OCH3 is 1. The van der Waals surface area contributed by atoms with Gasteiger partial charge in [-0.2, -0.15) is 4.98 Å². The van der Waals surface area contributed by atoms with Gasteiger partial charge in [-0.1, -0.05) is 18.9 Å². The summed E-state index contributed by atoms with van der Waals surface area (Å²) in [5.74, 6) is 1.91. The second-order valence-electron chi connectivity index (χ2n) is 7.83. The van der Waals surface area contributed by atoms with Gasteiger partial charge >= 0.3 is 0 Å². The zero-order valence-electron chi connectivity index (χ0n) is 17.3. The quantitative estimate of drug-likeness (QED) is 0.522. The molecule has 1 aromatic heterocycles. The average molecular weight is 420 g/mol. The third-order valence-electron chi connectivity index (χ3n) is 5.78. The molecule has 2 aromatic carbocycles. The molecule has 5 rings (SSSR count). The molecule has 1 aliphatic carbocycles. The van der Waals surface area contributed by atoms with Crippen molar-refractivity contribution in [2.24, 2.45) is 0 Å². The third kappa shape index (κ3) is 4.05. The maximum atomic E-state index is 13.7. The average Bonchev–Trinajstić information content (AvgIpc) is 3.41. The molecule has 1 fully saturated rings. The van der Waals surface area contributed by atoms with Gasteiger partial charge in [0.1, 0.15) is 11.6 Å². The van der Waals surface area contributed by atoms with Crippen LogP contribution >= 0.6 is 0 Å². The highest BCUT2D eigenvalue weighted by Crippen LogP contribution is 2.39. The Kier molecular flexibility index (Phi) is 5.19. The Morgan fingerprint density at radius 1 is 1.10 bits per heavy atom. The number of benzene rings is 2. The van der Waals surface area contributed by atoms with Gasteiger partial charge in [-0.15, -0.1) is 0 Å². The summed E-state index contributed by atoms with van der Waals surface area (Å²) in [5.41, 5.74) is 2.47. The Hall–Kier alpha value is -3.55. The van der Waals surface area contributed by atoms with Crippen molar-refractivity contribution in [2.45, 2.75) is 38.0 Å². The van der Waals surface area contributed by atoms with Crippen LogP contribution in [0.5, 0.6) is 5.75 Å². The number of ether oxygens (including phenoxy) is 1. The van der Waals surface area contributed by atoms with Crippen LogP contribution in [-0.2, 0) is 0 Å². The summed E-state index contributed by atoms with van der Waals surface area (Å²) in [6.07, 6.45) is 6.19. The smallest absolute Gasteiger partial charge is 0.229 e. The zero-order chi connectivity index (χ0) is 21.2. The molecule has 31 heavy (non-hydrogen) atoms. The monoisotopic (exact) mass is 420 g/mol. The molecule has 0 saturated heterocycles. The fraction of sp³-hybridized carbons (Fsp3) is 0.304. The summed E-state index contributed by atoms with van der Waals surface area (Å²) in [5, 5.41) is 10.1. The van der Waals surface area contributed by atoms with E-state index in [4.69, 9.17) is 9.72 Å². The number of halogens is 1. The SMILES string of the molecule is COc1ccc(Nc2ncc3c(n2)N(C2CCCC2)C(Nc2cccc(F)c2)N3)cc1. The second-order valence-corrected chi connectivity index (χ2v) is 7.83. The first-order valence-corrected chi connectivity index (χ1v) is 10.5. The Balaban J connectivity index is 1.41. The maximum absolute atomic E-state index is 13.7. The highest BCUT2D eigenvalue weighted by Gasteiger charge is 2.37. The molecule has 1 unspecified atom stereocenters. The topological polar surface area (TPSA) is 74.3 Å². The van der Waals surface area contributed by atoms with E-state index in [-0.39, 0.29) is 12.1 Å². The van der Waals surface area contributed by atoms with Gasteiger partial charge in [-0.25, -0.2) is 9.37 Å². The zero-order valence-corrected chi connectivity index (χ0v) is 17.3. The summed E-state index contributed by atoms with van der Waals surface area (Å²) in [6, 6.07) is 14.5. The summed E-state index contributed by atoms with van der Waals surface area (Å²) >= 11 is 0. The summed E-state index contributed by atoms with van der Waals surface area (Å²) in [6.45, 7) is 0. The van der Waals surface area contributed by atoms with Crippen molar-refractivity contribution in [3.05, 3.63) is 60.5 Å². The lowest BCUT2D eigenvalue weighted by molar-refractivity contribution is 0.415. The minimum absolute atomic E-state index is 0.217. The molecule has 1 atom stereocenters. The number of hydrogen-bond acceptors (Lipinski definition) is 7. The van der Waals surface area contributed by atoms with Crippen LogP contribution in [-0.4, -0.2) is 29.4 Å². The molecule has 2 aliphatic rings. The van der Waals surface area contributed by atoms with Crippen molar-refractivity contribution in [1.29, 1.82) is 0 Å². The normalized spacial score (nSPS) is 17.9. The van der Waals surface area contributed by atoms with Gasteiger partial charge in [0, 0.05) is 17.4 Å². The van der Waals surface area contributed by atoms with Crippen LogP contribution in [0.15, 0.2) is 54.7 Å². The number of nitrogens with one attached hydrogen (secondary N) is 3. The first kappa shape index (κ1) is 19.4. The van der Waals surface area contributed by atoms with Crippen molar-refractivity contribution >= 4 is 28.8 Å². The fourth-order valence-electron chi connectivity index (χ4n) is 4.28. The minimum atomic E-state index is -0.265. The van der Waals surface area contributed by atoms with Crippen LogP contribution in [0.4, 0.5) is 33.2 Å². The van der Waals surface area contributed by atoms with Gasteiger partial charge in [0.15, 0.2) is 12.1 Å². The van der Waals surface area contributed by atoms with Crippen molar-refractivity contribution in [3.63, 3.8) is 0 Å². The standard InChI is InChI=1S/C23H25FN6O/c1-31-19-11-9-16(10-12-19)26-22-25-14-20-21(29-22)30(18-7-2-3-8-18)23(28-20)27-17-6-4-5-15(24)13-17/h4-6,9-14,18,23,27-28H,2-3,7-8H2,1H3,(H,25,26,29). The van der Waals surface area contributed by atoms with E-state index in [1.165, 1.54) is 25.0 Å². The molecule has 1 aliphatic heterocycles. The van der Waals surface area contributed by atoms with E-state index >= 15 is 0 Å². The molecule has 3 N–H and O–H groups in total. The first-order valence-electron chi connectivity index (χ1n) is 10.5. The number of aromatic nitrogens is 2. The molecule has 1 saturated carbocycles. The lowest BCUT2D eigenvalue weighted by Crippen LogP contribution is -2.47. The molecule has 7 nitrogen and oxygen atoms in total. The van der Waals surface area contributed by atoms with E-state index in [0.29, 0.717) is 12.0 Å². The minimum Gasteiger partial charge on any atom is -0.497 e. The van der Waals surface area contributed by atoms with Crippen molar-refractivity contribution in [2.75, 3.05) is 28.0 Å². The van der Waals surface area contributed by atoms with Gasteiger partial charge in [0.2, 0.25) is 5.95 Å². The van der Waals surface area contributed by atoms with Gasteiger partial charge in [-0.3, -0.25) is 0 Å². The van der Waals surface area contributed by atoms with Crippen LogP contribution in [0.1, 0.15) is 25.7 Å². The number of nitrogens with zero attached hydrogens (tertiary/aromatic N) is 3. The number of anilines is 5. The van der Waals surface area contributed by atoms with E-state index in [9.17, 15) is 4.39 Å². The molecular formula is C23H25FN6O. The molecule has 8 heteroatoms. The number of hydrogen-bond donors (Lipinski definition) is 3. The Labute approximate surface area is 180 Å². The molecule has 2 heterocycles. The molecule has 0 radical (unpaired) electrons. The highest BCUT2D eigenvalue weighted by atomic mass is 19.1. The summed E-state index contributed by atoms with van der Waals surface area (Å²) < 4.78 is 18.9. The van der Waals surface area contributed by atoms with Gasteiger partial charge < -0.3 is 25.6 Å². The van der Waals surface area contributed by atoms with Gasteiger partial charge in [-0.05, 0) is 55.3 Å². The largest absolute Gasteiger partial charge is 0.497 e. The molecule has 160 valence electrons. The Morgan fingerprint density at radius 2 is 1.90 bits per heavy atom. The second kappa shape index (κ2) is 8.29. The first-order chi connectivity index (χ1) is 15.2. The predicted octanol–water partition coefficient (Wildman–Crippen LogP) is 4.94. The van der Waals surface area contributed by atoms with Crippen LogP contribution in [0.25, 0.3) is 0 Å². The van der Waals surface area contributed by atoms with Crippen molar-refractivity contribution in [3.8, 4) is 5.75 Å². The number of rotatable bonds is 6. The molecule has 0 spiro atoms. The van der Waals surface area contributed by atoms with Gasteiger partial charge in [0.25, 0.3) is 0 Å². The predicted molar refractivity (Wildman–Crippen MR) is 120 cm³/mol. The van der Waals surface area contributed by atoms with E-state index in [2.05, 4.69) is 25.8 Å². The lowest BCUT2D eigenvalue weighted by Gasteiger charge is -2.32. The number of fused-ring (bicyclic) bond motifs is 1. The fourth-order valence-corrected chi connectivity index (χ4v) is 4.28. The van der Waals surface area contributed by atoms with Crippen LogP contribution < -0.4 is 25.6 Å². The van der Waals surface area contributed by atoms with Crippen molar-refractivity contribution < 1.29 is 9.13 Å². The molecule has 0 amide bonds. The van der Waals surface area contributed by atoms with E-state index in [0.717, 1.165) is 41.5 Å². The lowest BCUT2D eigenvalue weighted by atomic mass is 10.2. The highest BCUT2D eigenvalue weighted by molar-refractivity contribution is 5.75. The summed E-state index contributed by atoms with van der Waals surface area (Å²) in [7, 11) is 1.64. The molecular weight excluding hydrogens is 395 g/mol.